The standard InChI is InChI=1S/C16H16N2O3S/c1-2-9-3-6-11(16(20)21)7-12(9)18-14(19)13-8-17-15(22-13)10-4-5-10/h3,6-8,10H,2,4-5H2,1H3,(H,18,19)(H,20,21). The Labute approximate surface area is 132 Å². The lowest BCUT2D eigenvalue weighted by molar-refractivity contribution is 0.0696. The summed E-state index contributed by atoms with van der Waals surface area (Å²) in [6, 6.07) is 4.79. The largest absolute Gasteiger partial charge is 0.478 e. The molecule has 1 amide bonds. The quantitative estimate of drug-likeness (QED) is 0.884. The van der Waals surface area contributed by atoms with Gasteiger partial charge in [-0.2, -0.15) is 0 Å². The van der Waals surface area contributed by atoms with E-state index in [4.69, 9.17) is 5.11 Å². The zero-order chi connectivity index (χ0) is 15.7. The summed E-state index contributed by atoms with van der Waals surface area (Å²) in [7, 11) is 0. The molecule has 1 aliphatic carbocycles. The Balaban J connectivity index is 1.82. The van der Waals surface area contributed by atoms with Crippen molar-refractivity contribution in [1.29, 1.82) is 0 Å². The Kier molecular flexibility index (Phi) is 3.94. The Morgan fingerprint density at radius 3 is 2.82 bits per heavy atom. The summed E-state index contributed by atoms with van der Waals surface area (Å²) in [4.78, 5) is 28.3. The van der Waals surface area contributed by atoms with Crippen LogP contribution >= 0.6 is 11.3 Å². The van der Waals surface area contributed by atoms with Gasteiger partial charge in [0.1, 0.15) is 4.88 Å². The molecule has 2 N–H and O–H groups in total. The van der Waals surface area contributed by atoms with Gasteiger partial charge in [0.25, 0.3) is 5.91 Å². The monoisotopic (exact) mass is 316 g/mol. The van der Waals surface area contributed by atoms with E-state index in [0.717, 1.165) is 23.4 Å². The third-order valence-electron chi connectivity index (χ3n) is 3.66. The highest BCUT2D eigenvalue weighted by molar-refractivity contribution is 7.13. The van der Waals surface area contributed by atoms with Gasteiger partial charge in [-0.25, -0.2) is 9.78 Å². The maximum Gasteiger partial charge on any atom is 0.335 e. The average molecular weight is 316 g/mol. The molecule has 0 atom stereocenters. The number of rotatable bonds is 5. The van der Waals surface area contributed by atoms with Crippen LogP contribution in [-0.4, -0.2) is 22.0 Å². The fraction of sp³-hybridized carbons (Fsp3) is 0.312. The van der Waals surface area contributed by atoms with Gasteiger partial charge in [0, 0.05) is 11.6 Å². The molecule has 0 saturated heterocycles. The first-order valence-electron chi connectivity index (χ1n) is 7.21. The number of benzene rings is 1. The van der Waals surface area contributed by atoms with Crippen LogP contribution in [0.3, 0.4) is 0 Å². The van der Waals surface area contributed by atoms with Crippen LogP contribution in [0, 0.1) is 0 Å². The zero-order valence-electron chi connectivity index (χ0n) is 12.1. The second kappa shape index (κ2) is 5.88. The molecule has 22 heavy (non-hydrogen) atoms. The number of thiazole rings is 1. The number of carbonyl (C=O) groups excluding carboxylic acids is 1. The maximum atomic E-state index is 12.3. The van der Waals surface area contributed by atoms with Gasteiger partial charge in [-0.05, 0) is 37.0 Å². The Morgan fingerprint density at radius 2 is 2.18 bits per heavy atom. The number of carbonyl (C=O) groups is 2. The van der Waals surface area contributed by atoms with Crippen molar-refractivity contribution < 1.29 is 14.7 Å². The molecule has 1 aliphatic rings. The molecule has 0 spiro atoms. The van der Waals surface area contributed by atoms with E-state index in [-0.39, 0.29) is 11.5 Å². The summed E-state index contributed by atoms with van der Waals surface area (Å²) < 4.78 is 0. The molecule has 0 radical (unpaired) electrons. The first kappa shape index (κ1) is 14.7. The fourth-order valence-corrected chi connectivity index (χ4v) is 3.21. The number of hydrogen-bond acceptors (Lipinski definition) is 4. The third-order valence-corrected chi connectivity index (χ3v) is 4.82. The van der Waals surface area contributed by atoms with Gasteiger partial charge in [-0.3, -0.25) is 4.79 Å². The minimum Gasteiger partial charge on any atom is -0.478 e. The van der Waals surface area contributed by atoms with E-state index in [1.807, 2.05) is 6.92 Å². The van der Waals surface area contributed by atoms with Crippen molar-refractivity contribution in [3.05, 3.63) is 45.4 Å². The number of hydrogen-bond donors (Lipinski definition) is 2. The predicted molar refractivity (Wildman–Crippen MR) is 84.8 cm³/mol. The van der Waals surface area contributed by atoms with E-state index < -0.39 is 5.97 Å². The Hall–Kier alpha value is -2.21. The number of nitrogens with one attached hydrogen (secondary N) is 1. The van der Waals surface area contributed by atoms with E-state index >= 15 is 0 Å². The normalized spacial score (nSPS) is 13.9. The molecule has 114 valence electrons. The highest BCUT2D eigenvalue weighted by Gasteiger charge is 2.27. The lowest BCUT2D eigenvalue weighted by Gasteiger charge is -2.10. The molecule has 1 heterocycles. The van der Waals surface area contributed by atoms with Gasteiger partial charge >= 0.3 is 5.97 Å². The molecule has 3 rings (SSSR count). The number of aryl methyl sites for hydroxylation is 1. The van der Waals surface area contributed by atoms with Crippen molar-refractivity contribution in [3.63, 3.8) is 0 Å². The van der Waals surface area contributed by atoms with Gasteiger partial charge in [0.15, 0.2) is 0 Å². The molecule has 2 aromatic rings. The number of aromatic nitrogens is 1. The van der Waals surface area contributed by atoms with Crippen LogP contribution in [-0.2, 0) is 6.42 Å². The number of carboxylic acids is 1. The fourth-order valence-electron chi connectivity index (χ4n) is 2.23. The van der Waals surface area contributed by atoms with Gasteiger partial charge in [-0.15, -0.1) is 11.3 Å². The number of anilines is 1. The summed E-state index contributed by atoms with van der Waals surface area (Å²) in [6.45, 7) is 1.96. The molecule has 6 heteroatoms. The van der Waals surface area contributed by atoms with Crippen LogP contribution in [0.2, 0.25) is 0 Å². The van der Waals surface area contributed by atoms with E-state index in [1.54, 1.807) is 18.3 Å². The lowest BCUT2D eigenvalue weighted by Crippen LogP contribution is -2.12. The van der Waals surface area contributed by atoms with Gasteiger partial charge in [0.2, 0.25) is 0 Å². The van der Waals surface area contributed by atoms with Gasteiger partial charge in [0.05, 0.1) is 16.8 Å². The average Bonchev–Trinajstić information content (AvgIpc) is 3.24. The molecule has 5 nitrogen and oxygen atoms in total. The second-order valence-corrected chi connectivity index (χ2v) is 6.38. The molecule has 1 saturated carbocycles. The van der Waals surface area contributed by atoms with Crippen molar-refractivity contribution in [2.75, 3.05) is 5.32 Å². The second-order valence-electron chi connectivity index (χ2n) is 5.32. The summed E-state index contributed by atoms with van der Waals surface area (Å²) >= 11 is 1.42. The van der Waals surface area contributed by atoms with Crippen LogP contribution in [0.25, 0.3) is 0 Å². The summed E-state index contributed by atoms with van der Waals surface area (Å²) in [5.41, 5.74) is 1.62. The van der Waals surface area contributed by atoms with Crippen molar-refractivity contribution in [1.82, 2.24) is 4.98 Å². The minimum absolute atomic E-state index is 0.162. The minimum atomic E-state index is -1.01. The Bertz CT molecular complexity index is 735. The van der Waals surface area contributed by atoms with Crippen molar-refractivity contribution in [2.45, 2.75) is 32.1 Å². The van der Waals surface area contributed by atoms with Crippen LogP contribution < -0.4 is 5.32 Å². The number of amides is 1. The summed E-state index contributed by atoms with van der Waals surface area (Å²) in [5, 5.41) is 12.9. The molecule has 0 aliphatic heterocycles. The third kappa shape index (κ3) is 3.01. The maximum absolute atomic E-state index is 12.3. The van der Waals surface area contributed by atoms with Gasteiger partial charge in [-0.1, -0.05) is 13.0 Å². The van der Waals surface area contributed by atoms with Crippen molar-refractivity contribution >= 4 is 28.9 Å². The highest BCUT2D eigenvalue weighted by Crippen LogP contribution is 2.41. The molecular weight excluding hydrogens is 300 g/mol. The smallest absolute Gasteiger partial charge is 0.335 e. The molecule has 1 aromatic heterocycles. The van der Waals surface area contributed by atoms with Crippen LogP contribution in [0.15, 0.2) is 24.4 Å². The SMILES string of the molecule is CCc1ccc(C(=O)O)cc1NC(=O)c1cnc(C2CC2)s1. The number of carboxylic acid groups (broad SMARTS) is 1. The molecule has 1 fully saturated rings. The van der Waals surface area contributed by atoms with E-state index in [9.17, 15) is 9.59 Å². The number of nitrogens with zero attached hydrogens (tertiary/aromatic N) is 1. The first-order valence-corrected chi connectivity index (χ1v) is 8.03. The summed E-state index contributed by atoms with van der Waals surface area (Å²) in [6.07, 6.45) is 4.61. The molecule has 0 unspecified atom stereocenters. The summed E-state index contributed by atoms with van der Waals surface area (Å²) in [5.74, 6) is -0.721. The van der Waals surface area contributed by atoms with Crippen LogP contribution in [0.1, 0.15) is 56.3 Å². The lowest BCUT2D eigenvalue weighted by atomic mass is 10.1. The number of aromatic carboxylic acids is 1. The van der Waals surface area contributed by atoms with E-state index in [1.165, 1.54) is 17.4 Å². The predicted octanol–water partition coefficient (Wildman–Crippen LogP) is 3.53. The molecule has 1 aromatic carbocycles. The van der Waals surface area contributed by atoms with Crippen LogP contribution in [0.5, 0.6) is 0 Å². The van der Waals surface area contributed by atoms with E-state index in [2.05, 4.69) is 10.3 Å². The zero-order valence-corrected chi connectivity index (χ0v) is 12.9. The topological polar surface area (TPSA) is 79.3 Å². The molecule has 0 bridgehead atoms. The van der Waals surface area contributed by atoms with Crippen molar-refractivity contribution in [3.8, 4) is 0 Å². The molecular formula is C16H16N2O3S. The highest BCUT2D eigenvalue weighted by atomic mass is 32.1. The first-order chi connectivity index (χ1) is 10.6. The Morgan fingerprint density at radius 1 is 1.41 bits per heavy atom. The van der Waals surface area contributed by atoms with Crippen molar-refractivity contribution in [2.24, 2.45) is 0 Å². The van der Waals surface area contributed by atoms with E-state index in [0.29, 0.717) is 22.9 Å². The van der Waals surface area contributed by atoms with Gasteiger partial charge < -0.3 is 10.4 Å². The van der Waals surface area contributed by atoms with Crippen LogP contribution in [0.4, 0.5) is 5.69 Å².